The maximum absolute atomic E-state index is 12.6. The first-order valence-electron chi connectivity index (χ1n) is 10.2. The zero-order valence-corrected chi connectivity index (χ0v) is 17.7. The lowest BCUT2D eigenvalue weighted by Crippen LogP contribution is -2.36. The van der Waals surface area contributed by atoms with Crippen LogP contribution in [0.25, 0.3) is 0 Å². The summed E-state index contributed by atoms with van der Waals surface area (Å²) in [5.74, 6) is 1.73. The molecule has 2 aromatic carbocycles. The number of ether oxygens (including phenoxy) is 1. The van der Waals surface area contributed by atoms with Crippen LogP contribution < -0.4 is 15.4 Å². The maximum Gasteiger partial charge on any atom is 0.387 e. The molecule has 0 bridgehead atoms. The van der Waals surface area contributed by atoms with Gasteiger partial charge in [0.15, 0.2) is 5.96 Å². The van der Waals surface area contributed by atoms with Crippen molar-refractivity contribution >= 4 is 5.96 Å². The molecule has 1 heterocycles. The number of aryl methyl sites for hydroxylation is 1. The van der Waals surface area contributed by atoms with Gasteiger partial charge in [-0.25, -0.2) is 9.98 Å². The fourth-order valence-electron chi connectivity index (χ4n) is 3.15. The molecule has 0 saturated heterocycles. The Balaban J connectivity index is 1.65. The molecule has 0 radical (unpaired) electrons. The minimum absolute atomic E-state index is 0.156. The van der Waals surface area contributed by atoms with Gasteiger partial charge in [-0.15, -0.1) is 0 Å². The number of halogens is 2. The molecular formula is C23H27F2N5O. The van der Waals surface area contributed by atoms with Crippen molar-refractivity contribution in [1.29, 1.82) is 0 Å². The van der Waals surface area contributed by atoms with Crippen molar-refractivity contribution in [2.45, 2.75) is 40.1 Å². The van der Waals surface area contributed by atoms with Gasteiger partial charge in [0.2, 0.25) is 0 Å². The molecule has 0 saturated carbocycles. The highest BCUT2D eigenvalue weighted by molar-refractivity contribution is 5.79. The number of guanidine groups is 1. The molecule has 2 N–H and O–H groups in total. The fraction of sp³-hybridized carbons (Fsp3) is 0.304. The molecule has 164 valence electrons. The number of alkyl halides is 2. The van der Waals surface area contributed by atoms with Crippen molar-refractivity contribution in [3.8, 4) is 5.75 Å². The number of benzene rings is 2. The van der Waals surface area contributed by atoms with Gasteiger partial charge in [0.25, 0.3) is 0 Å². The first-order chi connectivity index (χ1) is 15.0. The molecule has 0 aliphatic carbocycles. The Bertz CT molecular complexity index is 1000. The molecule has 1 aromatic heterocycles. The predicted octanol–water partition coefficient (Wildman–Crippen LogP) is 4.10. The van der Waals surface area contributed by atoms with E-state index in [0.29, 0.717) is 31.2 Å². The number of nitrogens with one attached hydrogen (secondary N) is 2. The first-order valence-corrected chi connectivity index (χ1v) is 10.2. The normalized spacial score (nSPS) is 11.6. The Morgan fingerprint density at radius 2 is 1.94 bits per heavy atom. The highest BCUT2D eigenvalue weighted by Crippen LogP contribution is 2.20. The Morgan fingerprint density at radius 3 is 2.68 bits per heavy atom. The van der Waals surface area contributed by atoms with Gasteiger partial charge in [0, 0.05) is 37.6 Å². The van der Waals surface area contributed by atoms with Crippen LogP contribution >= 0.6 is 0 Å². The Labute approximate surface area is 181 Å². The fourth-order valence-corrected chi connectivity index (χ4v) is 3.15. The van der Waals surface area contributed by atoms with Gasteiger partial charge in [-0.2, -0.15) is 8.78 Å². The summed E-state index contributed by atoms with van der Waals surface area (Å²) in [6.07, 6.45) is 3.76. The number of rotatable bonds is 9. The summed E-state index contributed by atoms with van der Waals surface area (Å²) >= 11 is 0. The summed E-state index contributed by atoms with van der Waals surface area (Å²) in [6.45, 7) is 3.33. The molecular weight excluding hydrogens is 400 g/mol. The van der Waals surface area contributed by atoms with Crippen LogP contribution in [-0.2, 0) is 19.6 Å². The molecule has 0 amide bonds. The average molecular weight is 427 g/mol. The van der Waals surface area contributed by atoms with Gasteiger partial charge < -0.3 is 19.9 Å². The molecule has 6 nitrogen and oxygen atoms in total. The lowest BCUT2D eigenvalue weighted by Gasteiger charge is -2.14. The van der Waals surface area contributed by atoms with Gasteiger partial charge in [-0.3, -0.25) is 0 Å². The number of hydrogen-bond donors (Lipinski definition) is 2. The largest absolute Gasteiger partial charge is 0.434 e. The minimum Gasteiger partial charge on any atom is -0.434 e. The van der Waals surface area contributed by atoms with Crippen molar-refractivity contribution < 1.29 is 13.5 Å². The van der Waals surface area contributed by atoms with Crippen LogP contribution in [0.1, 0.15) is 29.4 Å². The number of para-hydroxylation sites is 1. The van der Waals surface area contributed by atoms with Gasteiger partial charge in [-0.1, -0.05) is 42.5 Å². The second-order valence-electron chi connectivity index (χ2n) is 6.96. The topological polar surface area (TPSA) is 63.5 Å². The van der Waals surface area contributed by atoms with Crippen molar-refractivity contribution in [3.05, 3.63) is 83.4 Å². The van der Waals surface area contributed by atoms with Crippen LogP contribution in [0.4, 0.5) is 8.78 Å². The third-order valence-corrected chi connectivity index (χ3v) is 4.67. The maximum atomic E-state index is 12.6. The van der Waals surface area contributed by atoms with E-state index in [1.54, 1.807) is 24.4 Å². The summed E-state index contributed by atoms with van der Waals surface area (Å²) in [4.78, 5) is 8.89. The molecule has 3 aromatic rings. The molecule has 0 spiro atoms. The summed E-state index contributed by atoms with van der Waals surface area (Å²) in [6, 6.07) is 15.0. The first kappa shape index (κ1) is 22.3. The van der Waals surface area contributed by atoms with Crippen molar-refractivity contribution in [3.63, 3.8) is 0 Å². The quantitative estimate of drug-likeness (QED) is 0.399. The van der Waals surface area contributed by atoms with E-state index in [9.17, 15) is 8.78 Å². The summed E-state index contributed by atoms with van der Waals surface area (Å²) in [5, 5.41) is 6.36. The molecule has 0 unspecified atom stereocenters. The lowest BCUT2D eigenvalue weighted by molar-refractivity contribution is -0.0504. The van der Waals surface area contributed by atoms with Gasteiger partial charge >= 0.3 is 6.61 Å². The third-order valence-electron chi connectivity index (χ3n) is 4.67. The third kappa shape index (κ3) is 6.80. The van der Waals surface area contributed by atoms with Crippen LogP contribution in [0.5, 0.6) is 5.75 Å². The van der Waals surface area contributed by atoms with E-state index in [-0.39, 0.29) is 5.75 Å². The van der Waals surface area contributed by atoms with Crippen LogP contribution in [0.3, 0.4) is 0 Å². The minimum atomic E-state index is -2.86. The van der Waals surface area contributed by atoms with E-state index in [0.717, 1.165) is 17.9 Å². The standard InChI is InChI=1S/C23H27F2N5O/c1-3-26-23(29-15-20-9-4-5-10-21(20)31-22(24)25)28-14-18-7-6-8-19(13-18)16-30-12-11-27-17(30)2/h4-13,22H,3,14-16H2,1-2H3,(H2,26,28,29). The summed E-state index contributed by atoms with van der Waals surface area (Å²) in [5.41, 5.74) is 2.88. The van der Waals surface area contributed by atoms with E-state index in [1.807, 2.05) is 32.2 Å². The van der Waals surface area contributed by atoms with Gasteiger partial charge in [0.1, 0.15) is 11.6 Å². The van der Waals surface area contributed by atoms with E-state index in [2.05, 4.69) is 42.0 Å². The van der Waals surface area contributed by atoms with Crippen molar-refractivity contribution in [1.82, 2.24) is 20.2 Å². The number of aliphatic imine (C=N–C) groups is 1. The molecule has 3 rings (SSSR count). The Hall–Kier alpha value is -3.42. The molecule has 0 fully saturated rings. The highest BCUT2D eigenvalue weighted by atomic mass is 19.3. The van der Waals surface area contributed by atoms with Crippen LogP contribution in [0.2, 0.25) is 0 Å². The summed E-state index contributed by atoms with van der Waals surface area (Å²) < 4.78 is 31.9. The van der Waals surface area contributed by atoms with Crippen molar-refractivity contribution in [2.24, 2.45) is 4.99 Å². The SMILES string of the molecule is CCNC(=NCc1cccc(Cn2ccnc2C)c1)NCc1ccccc1OC(F)F. The second-order valence-corrected chi connectivity index (χ2v) is 6.96. The van der Waals surface area contributed by atoms with Gasteiger partial charge in [-0.05, 0) is 31.0 Å². The monoisotopic (exact) mass is 427 g/mol. The van der Waals surface area contributed by atoms with Crippen LogP contribution in [0, 0.1) is 6.92 Å². The Kier molecular flexibility index (Phi) is 7.98. The van der Waals surface area contributed by atoms with Gasteiger partial charge in [0.05, 0.1) is 6.54 Å². The second kappa shape index (κ2) is 11.1. The van der Waals surface area contributed by atoms with Crippen LogP contribution in [0.15, 0.2) is 65.9 Å². The average Bonchev–Trinajstić information content (AvgIpc) is 3.15. The molecule has 31 heavy (non-hydrogen) atoms. The van der Waals surface area contributed by atoms with Crippen molar-refractivity contribution in [2.75, 3.05) is 6.54 Å². The number of aromatic nitrogens is 2. The Morgan fingerprint density at radius 1 is 1.13 bits per heavy atom. The highest BCUT2D eigenvalue weighted by Gasteiger charge is 2.09. The molecule has 0 atom stereocenters. The van der Waals surface area contributed by atoms with Crippen LogP contribution in [-0.4, -0.2) is 28.7 Å². The van der Waals surface area contributed by atoms with E-state index in [4.69, 9.17) is 0 Å². The predicted molar refractivity (Wildman–Crippen MR) is 117 cm³/mol. The molecule has 0 aliphatic heterocycles. The number of nitrogens with zero attached hydrogens (tertiary/aromatic N) is 3. The lowest BCUT2D eigenvalue weighted by atomic mass is 10.1. The zero-order chi connectivity index (χ0) is 22.1. The van der Waals surface area contributed by atoms with E-state index < -0.39 is 6.61 Å². The van der Waals surface area contributed by atoms with E-state index in [1.165, 1.54) is 11.6 Å². The summed E-state index contributed by atoms with van der Waals surface area (Å²) in [7, 11) is 0. The zero-order valence-electron chi connectivity index (χ0n) is 17.7. The number of hydrogen-bond acceptors (Lipinski definition) is 3. The van der Waals surface area contributed by atoms with E-state index >= 15 is 0 Å². The smallest absolute Gasteiger partial charge is 0.387 e. The molecule has 8 heteroatoms. The molecule has 0 aliphatic rings. The number of imidazole rings is 1.